The third-order valence-corrected chi connectivity index (χ3v) is 7.07. The molecule has 154 valence electrons. The standard InChI is InChI=1S/C20H23N3O3S3/c1-3-16(22-19(24)14-7-5-4-6-8-14)20-23-17(13-27-20)18-10-9-15(28-18)11-12-21-29(2,25)26/h4-10,13,16,21H,3,11-12H2,1-2H3,(H,22,24)/t16-/m1/s1. The summed E-state index contributed by atoms with van der Waals surface area (Å²) in [6.07, 6.45) is 2.54. The second-order valence-corrected chi connectivity index (χ2v) is 10.4. The molecule has 0 aliphatic rings. The maximum Gasteiger partial charge on any atom is 0.251 e. The number of amides is 1. The van der Waals surface area contributed by atoms with Crippen LogP contribution >= 0.6 is 22.7 Å². The van der Waals surface area contributed by atoms with Crippen LogP contribution in [0.25, 0.3) is 10.6 Å². The summed E-state index contributed by atoms with van der Waals surface area (Å²) in [4.78, 5) is 19.3. The monoisotopic (exact) mass is 449 g/mol. The summed E-state index contributed by atoms with van der Waals surface area (Å²) in [5.41, 5.74) is 1.51. The van der Waals surface area contributed by atoms with Crippen LogP contribution in [0.4, 0.5) is 0 Å². The maximum atomic E-state index is 12.5. The smallest absolute Gasteiger partial charge is 0.251 e. The van der Waals surface area contributed by atoms with Crippen molar-refractivity contribution in [2.75, 3.05) is 12.8 Å². The van der Waals surface area contributed by atoms with Gasteiger partial charge in [-0.25, -0.2) is 18.1 Å². The highest BCUT2D eigenvalue weighted by atomic mass is 32.2. The van der Waals surface area contributed by atoms with E-state index in [2.05, 4.69) is 10.0 Å². The molecule has 2 N–H and O–H groups in total. The quantitative estimate of drug-likeness (QED) is 0.519. The van der Waals surface area contributed by atoms with E-state index in [0.717, 1.165) is 33.1 Å². The second-order valence-electron chi connectivity index (χ2n) is 6.55. The number of nitrogens with one attached hydrogen (secondary N) is 2. The second kappa shape index (κ2) is 9.62. The van der Waals surface area contributed by atoms with E-state index in [1.54, 1.807) is 23.5 Å². The van der Waals surface area contributed by atoms with Crippen LogP contribution in [0.1, 0.15) is 39.6 Å². The molecule has 9 heteroatoms. The number of aromatic nitrogens is 1. The van der Waals surface area contributed by atoms with E-state index >= 15 is 0 Å². The summed E-state index contributed by atoms with van der Waals surface area (Å²) in [5, 5.41) is 5.93. The highest BCUT2D eigenvalue weighted by Crippen LogP contribution is 2.32. The number of carbonyl (C=O) groups is 1. The van der Waals surface area contributed by atoms with Gasteiger partial charge in [0.1, 0.15) is 5.01 Å². The van der Waals surface area contributed by atoms with Gasteiger partial charge < -0.3 is 5.32 Å². The summed E-state index contributed by atoms with van der Waals surface area (Å²) in [5.74, 6) is -0.106. The molecule has 0 aliphatic heterocycles. The first-order valence-corrected chi connectivity index (χ1v) is 12.8. The fourth-order valence-corrected chi connectivity index (χ4v) is 5.21. The summed E-state index contributed by atoms with van der Waals surface area (Å²) in [6.45, 7) is 2.40. The highest BCUT2D eigenvalue weighted by molar-refractivity contribution is 7.88. The molecule has 2 aromatic heterocycles. The van der Waals surface area contributed by atoms with E-state index in [1.165, 1.54) is 11.3 Å². The minimum atomic E-state index is -3.17. The van der Waals surface area contributed by atoms with Gasteiger partial charge in [0.2, 0.25) is 10.0 Å². The molecule has 0 radical (unpaired) electrons. The Labute approximate surface area is 179 Å². The van der Waals surface area contributed by atoms with Crippen LogP contribution in [0.5, 0.6) is 0 Å². The molecule has 1 atom stereocenters. The van der Waals surface area contributed by atoms with Gasteiger partial charge in [0.25, 0.3) is 5.91 Å². The Bertz CT molecular complexity index is 1060. The van der Waals surface area contributed by atoms with Crippen LogP contribution in [0.15, 0.2) is 47.8 Å². The Balaban J connectivity index is 1.65. The number of thiazole rings is 1. The number of hydrogen-bond donors (Lipinski definition) is 2. The first-order chi connectivity index (χ1) is 13.9. The Morgan fingerprint density at radius 1 is 1.17 bits per heavy atom. The van der Waals surface area contributed by atoms with Crippen LogP contribution in [-0.2, 0) is 16.4 Å². The third kappa shape index (κ3) is 6.20. The average molecular weight is 450 g/mol. The molecule has 0 unspecified atom stereocenters. The van der Waals surface area contributed by atoms with Crippen molar-refractivity contribution >= 4 is 38.6 Å². The molecule has 0 saturated carbocycles. The normalized spacial score (nSPS) is 12.6. The van der Waals surface area contributed by atoms with Crippen LogP contribution in [-0.4, -0.2) is 32.1 Å². The molecule has 0 fully saturated rings. The van der Waals surface area contributed by atoms with Crippen molar-refractivity contribution in [2.45, 2.75) is 25.8 Å². The first-order valence-electron chi connectivity index (χ1n) is 9.20. The number of carbonyl (C=O) groups excluding carboxylic acids is 1. The lowest BCUT2D eigenvalue weighted by Gasteiger charge is -2.14. The van der Waals surface area contributed by atoms with Gasteiger partial charge in [-0.05, 0) is 37.1 Å². The zero-order valence-corrected chi connectivity index (χ0v) is 18.7. The van der Waals surface area contributed by atoms with E-state index in [4.69, 9.17) is 4.98 Å². The fourth-order valence-electron chi connectivity index (χ4n) is 2.74. The van der Waals surface area contributed by atoms with Gasteiger partial charge in [-0.3, -0.25) is 4.79 Å². The summed E-state index contributed by atoms with van der Waals surface area (Å²) in [7, 11) is -3.17. The SMILES string of the molecule is CC[C@@H](NC(=O)c1ccccc1)c1nc(-c2ccc(CCNS(C)(=O)=O)s2)cs1. The van der Waals surface area contributed by atoms with Crippen molar-refractivity contribution in [1.82, 2.24) is 15.0 Å². The molecule has 3 rings (SSSR count). The highest BCUT2D eigenvalue weighted by Gasteiger charge is 2.18. The van der Waals surface area contributed by atoms with Gasteiger partial charge in [0, 0.05) is 22.4 Å². The van der Waals surface area contributed by atoms with Gasteiger partial charge in [-0.1, -0.05) is 25.1 Å². The number of rotatable bonds is 9. The molecular weight excluding hydrogens is 426 g/mol. The van der Waals surface area contributed by atoms with Crippen molar-refractivity contribution in [2.24, 2.45) is 0 Å². The zero-order valence-electron chi connectivity index (χ0n) is 16.2. The van der Waals surface area contributed by atoms with E-state index in [9.17, 15) is 13.2 Å². The maximum absolute atomic E-state index is 12.5. The molecule has 0 spiro atoms. The van der Waals surface area contributed by atoms with Crippen LogP contribution in [0, 0.1) is 0 Å². The number of benzene rings is 1. The number of nitrogens with zero attached hydrogens (tertiary/aromatic N) is 1. The lowest BCUT2D eigenvalue weighted by Crippen LogP contribution is -2.28. The number of thiophene rings is 1. The van der Waals surface area contributed by atoms with E-state index in [1.807, 2.05) is 42.6 Å². The summed E-state index contributed by atoms with van der Waals surface area (Å²) in [6, 6.07) is 13.0. The van der Waals surface area contributed by atoms with Crippen molar-refractivity contribution in [3.63, 3.8) is 0 Å². The van der Waals surface area contributed by atoms with E-state index < -0.39 is 10.0 Å². The Hall–Kier alpha value is -2.07. The Morgan fingerprint density at radius 2 is 1.93 bits per heavy atom. The van der Waals surface area contributed by atoms with Gasteiger partial charge in [-0.15, -0.1) is 22.7 Å². The number of sulfonamides is 1. The van der Waals surface area contributed by atoms with Crippen LogP contribution in [0.2, 0.25) is 0 Å². The molecule has 1 aromatic carbocycles. The topological polar surface area (TPSA) is 88.2 Å². The molecule has 1 amide bonds. The zero-order chi connectivity index (χ0) is 20.9. The molecule has 0 bridgehead atoms. The molecule has 0 aliphatic carbocycles. The van der Waals surface area contributed by atoms with Crippen molar-refractivity contribution in [3.8, 4) is 10.6 Å². The molecule has 0 saturated heterocycles. The van der Waals surface area contributed by atoms with E-state index in [-0.39, 0.29) is 11.9 Å². The number of hydrogen-bond acceptors (Lipinski definition) is 6. The largest absolute Gasteiger partial charge is 0.343 e. The Kier molecular flexibility index (Phi) is 7.18. The van der Waals surface area contributed by atoms with Crippen molar-refractivity contribution in [1.29, 1.82) is 0 Å². The molecule has 29 heavy (non-hydrogen) atoms. The minimum absolute atomic E-state index is 0.106. The Morgan fingerprint density at radius 3 is 2.62 bits per heavy atom. The molecule has 3 aromatic rings. The lowest BCUT2D eigenvalue weighted by atomic mass is 10.2. The average Bonchev–Trinajstić information content (AvgIpc) is 3.35. The fraction of sp³-hybridized carbons (Fsp3) is 0.300. The van der Waals surface area contributed by atoms with Gasteiger partial charge in [0.15, 0.2) is 0 Å². The minimum Gasteiger partial charge on any atom is -0.343 e. The van der Waals surface area contributed by atoms with Gasteiger partial charge in [-0.2, -0.15) is 0 Å². The van der Waals surface area contributed by atoms with Gasteiger partial charge >= 0.3 is 0 Å². The lowest BCUT2D eigenvalue weighted by molar-refractivity contribution is 0.0935. The third-order valence-electron chi connectivity index (χ3n) is 4.22. The molecule has 2 heterocycles. The first kappa shape index (κ1) is 21.6. The predicted molar refractivity (Wildman–Crippen MR) is 119 cm³/mol. The van der Waals surface area contributed by atoms with Crippen molar-refractivity contribution < 1.29 is 13.2 Å². The predicted octanol–water partition coefficient (Wildman–Crippen LogP) is 3.84. The van der Waals surface area contributed by atoms with Gasteiger partial charge in [0.05, 0.1) is 22.9 Å². The molecule has 6 nitrogen and oxygen atoms in total. The van der Waals surface area contributed by atoms with Crippen LogP contribution < -0.4 is 10.0 Å². The van der Waals surface area contributed by atoms with Crippen LogP contribution in [0.3, 0.4) is 0 Å². The van der Waals surface area contributed by atoms with Crippen molar-refractivity contribution in [3.05, 3.63) is 63.3 Å². The molecular formula is C20H23N3O3S3. The summed E-state index contributed by atoms with van der Waals surface area (Å²) < 4.78 is 24.8. The summed E-state index contributed by atoms with van der Waals surface area (Å²) >= 11 is 3.14. The van der Waals surface area contributed by atoms with E-state index in [0.29, 0.717) is 18.5 Å².